The molecule has 0 aliphatic rings. The van der Waals surface area contributed by atoms with E-state index in [1.54, 1.807) is 25.6 Å². The third kappa shape index (κ3) is 3.62. The molecule has 6 nitrogen and oxygen atoms in total. The van der Waals surface area contributed by atoms with Gasteiger partial charge < -0.3 is 11.1 Å². The Kier molecular flexibility index (Phi) is 4.25. The lowest BCUT2D eigenvalue weighted by molar-refractivity contribution is -0.121. The summed E-state index contributed by atoms with van der Waals surface area (Å²) in [7, 11) is 0. The molecule has 1 amide bonds. The number of nitrogens with one attached hydrogen (secondary N) is 1. The monoisotopic (exact) mass is 259 g/mol. The molecule has 0 aliphatic carbocycles. The Hall–Kier alpha value is -2.21. The van der Waals surface area contributed by atoms with Gasteiger partial charge in [0.2, 0.25) is 5.91 Å². The second-order valence-electron chi connectivity index (χ2n) is 4.41. The van der Waals surface area contributed by atoms with Crippen LogP contribution in [0.1, 0.15) is 18.9 Å². The maximum Gasteiger partial charge on any atom is 0.221 e. The number of carbonyl (C=O) groups excluding carboxylic acids is 1. The molecular formula is C13H17N5O. The van der Waals surface area contributed by atoms with Gasteiger partial charge in [-0.3, -0.25) is 9.36 Å². The Labute approximate surface area is 111 Å². The predicted octanol–water partition coefficient (Wildman–Crippen LogP) is 0.621. The first-order chi connectivity index (χ1) is 9.16. The second-order valence-corrected chi connectivity index (χ2v) is 4.41. The Morgan fingerprint density at radius 3 is 3.05 bits per heavy atom. The Morgan fingerprint density at radius 2 is 2.37 bits per heavy atom. The molecule has 19 heavy (non-hydrogen) atoms. The fourth-order valence-electron chi connectivity index (χ4n) is 1.74. The average Bonchev–Trinajstić information content (AvgIpc) is 2.89. The van der Waals surface area contributed by atoms with Crippen LogP contribution in [-0.2, 0) is 11.3 Å². The number of aromatic nitrogens is 3. The van der Waals surface area contributed by atoms with Crippen LogP contribution in [0.5, 0.6) is 0 Å². The van der Waals surface area contributed by atoms with E-state index in [1.807, 2.05) is 22.9 Å². The van der Waals surface area contributed by atoms with E-state index >= 15 is 0 Å². The normalized spacial score (nSPS) is 12.1. The molecule has 0 aromatic carbocycles. The van der Waals surface area contributed by atoms with Crippen molar-refractivity contribution in [3.05, 3.63) is 42.6 Å². The third-order valence-corrected chi connectivity index (χ3v) is 2.60. The van der Waals surface area contributed by atoms with Crippen molar-refractivity contribution >= 4 is 5.91 Å². The number of amides is 1. The Morgan fingerprint density at radius 1 is 1.53 bits per heavy atom. The lowest BCUT2D eigenvalue weighted by atomic mass is 10.2. The largest absolute Gasteiger partial charge is 0.352 e. The number of carbonyl (C=O) groups is 1. The summed E-state index contributed by atoms with van der Waals surface area (Å²) in [6.45, 7) is 2.23. The van der Waals surface area contributed by atoms with E-state index in [0.29, 0.717) is 13.0 Å². The SMILES string of the molecule is CC(N)CC(=O)NCc1cccnc1-n1ccnc1. The summed E-state index contributed by atoms with van der Waals surface area (Å²) in [5.41, 5.74) is 6.51. The minimum atomic E-state index is -0.137. The number of hydrogen-bond acceptors (Lipinski definition) is 4. The summed E-state index contributed by atoms with van der Waals surface area (Å²) in [6.07, 6.45) is 7.21. The van der Waals surface area contributed by atoms with Crippen LogP contribution in [0.25, 0.3) is 5.82 Å². The molecular weight excluding hydrogens is 242 g/mol. The van der Waals surface area contributed by atoms with Crippen LogP contribution in [0, 0.1) is 0 Å². The van der Waals surface area contributed by atoms with Gasteiger partial charge in [0.25, 0.3) is 0 Å². The minimum Gasteiger partial charge on any atom is -0.352 e. The molecule has 2 aromatic rings. The molecule has 2 aromatic heterocycles. The number of nitrogens with zero attached hydrogens (tertiary/aromatic N) is 3. The van der Waals surface area contributed by atoms with Gasteiger partial charge in [-0.15, -0.1) is 0 Å². The van der Waals surface area contributed by atoms with Gasteiger partial charge >= 0.3 is 0 Å². The van der Waals surface area contributed by atoms with E-state index < -0.39 is 0 Å². The van der Waals surface area contributed by atoms with Gasteiger partial charge in [0.15, 0.2) is 0 Å². The molecule has 0 spiro atoms. The number of rotatable bonds is 5. The molecule has 3 N–H and O–H groups in total. The standard InChI is InChI=1S/C13H17N5O/c1-10(14)7-12(19)17-8-11-3-2-4-16-13(11)18-6-5-15-9-18/h2-6,9-10H,7-8,14H2,1H3,(H,17,19). The molecule has 0 bridgehead atoms. The molecule has 2 rings (SSSR count). The average molecular weight is 259 g/mol. The summed E-state index contributed by atoms with van der Waals surface area (Å²) in [5, 5.41) is 2.84. The van der Waals surface area contributed by atoms with E-state index in [0.717, 1.165) is 11.4 Å². The topological polar surface area (TPSA) is 85.8 Å². The lowest BCUT2D eigenvalue weighted by Crippen LogP contribution is -2.29. The van der Waals surface area contributed by atoms with Crippen LogP contribution in [0.3, 0.4) is 0 Å². The summed E-state index contributed by atoms with van der Waals surface area (Å²) in [4.78, 5) is 19.9. The molecule has 1 atom stereocenters. The van der Waals surface area contributed by atoms with Crippen molar-refractivity contribution in [3.63, 3.8) is 0 Å². The summed E-state index contributed by atoms with van der Waals surface area (Å²) in [6, 6.07) is 3.63. The molecule has 0 saturated carbocycles. The molecule has 0 saturated heterocycles. The number of imidazole rings is 1. The van der Waals surface area contributed by atoms with E-state index in [9.17, 15) is 4.79 Å². The maximum absolute atomic E-state index is 11.6. The van der Waals surface area contributed by atoms with Gasteiger partial charge in [-0.05, 0) is 13.0 Å². The summed E-state index contributed by atoms with van der Waals surface area (Å²) >= 11 is 0. The van der Waals surface area contributed by atoms with Crippen LogP contribution in [-0.4, -0.2) is 26.5 Å². The van der Waals surface area contributed by atoms with Crippen molar-refractivity contribution in [2.45, 2.75) is 25.9 Å². The van der Waals surface area contributed by atoms with Gasteiger partial charge in [0.05, 0.1) is 0 Å². The van der Waals surface area contributed by atoms with Crippen molar-refractivity contribution < 1.29 is 4.79 Å². The lowest BCUT2D eigenvalue weighted by Gasteiger charge is -2.11. The van der Waals surface area contributed by atoms with Crippen molar-refractivity contribution in [2.75, 3.05) is 0 Å². The first-order valence-corrected chi connectivity index (χ1v) is 6.11. The first-order valence-electron chi connectivity index (χ1n) is 6.11. The fourth-order valence-corrected chi connectivity index (χ4v) is 1.74. The highest BCUT2D eigenvalue weighted by Gasteiger charge is 2.08. The first kappa shape index (κ1) is 13.2. The molecule has 1 unspecified atom stereocenters. The maximum atomic E-state index is 11.6. The van der Waals surface area contributed by atoms with Crippen LogP contribution < -0.4 is 11.1 Å². The molecule has 0 radical (unpaired) electrons. The minimum absolute atomic E-state index is 0.0598. The Balaban J connectivity index is 2.07. The van der Waals surface area contributed by atoms with Gasteiger partial charge in [0, 0.05) is 43.2 Å². The van der Waals surface area contributed by atoms with Crippen molar-refractivity contribution in [1.82, 2.24) is 19.9 Å². The van der Waals surface area contributed by atoms with Gasteiger partial charge in [-0.25, -0.2) is 9.97 Å². The van der Waals surface area contributed by atoms with Crippen molar-refractivity contribution in [2.24, 2.45) is 5.73 Å². The van der Waals surface area contributed by atoms with Crippen LogP contribution >= 0.6 is 0 Å². The van der Waals surface area contributed by atoms with E-state index in [-0.39, 0.29) is 11.9 Å². The molecule has 0 fully saturated rings. The zero-order chi connectivity index (χ0) is 13.7. The molecule has 2 heterocycles. The zero-order valence-electron chi connectivity index (χ0n) is 10.8. The summed E-state index contributed by atoms with van der Waals surface area (Å²) in [5.74, 6) is 0.705. The second kappa shape index (κ2) is 6.10. The third-order valence-electron chi connectivity index (χ3n) is 2.60. The fraction of sp³-hybridized carbons (Fsp3) is 0.308. The van der Waals surface area contributed by atoms with Crippen molar-refractivity contribution in [1.29, 1.82) is 0 Å². The highest BCUT2D eigenvalue weighted by atomic mass is 16.1. The van der Waals surface area contributed by atoms with E-state index in [4.69, 9.17) is 5.73 Å². The van der Waals surface area contributed by atoms with Crippen molar-refractivity contribution in [3.8, 4) is 5.82 Å². The molecule has 100 valence electrons. The number of hydrogen-bond donors (Lipinski definition) is 2. The zero-order valence-corrected chi connectivity index (χ0v) is 10.8. The summed E-state index contributed by atoms with van der Waals surface area (Å²) < 4.78 is 1.81. The Bertz CT molecular complexity index is 536. The number of nitrogens with two attached hydrogens (primary N) is 1. The van der Waals surface area contributed by atoms with Gasteiger partial charge in [-0.1, -0.05) is 6.07 Å². The van der Waals surface area contributed by atoms with E-state index in [1.165, 1.54) is 0 Å². The highest BCUT2D eigenvalue weighted by molar-refractivity contribution is 5.76. The van der Waals surface area contributed by atoms with Gasteiger partial charge in [0.1, 0.15) is 12.1 Å². The quantitative estimate of drug-likeness (QED) is 0.824. The predicted molar refractivity (Wildman–Crippen MR) is 71.5 cm³/mol. The van der Waals surface area contributed by atoms with Crippen LogP contribution in [0.15, 0.2) is 37.1 Å². The van der Waals surface area contributed by atoms with Crippen LogP contribution in [0.2, 0.25) is 0 Å². The van der Waals surface area contributed by atoms with Crippen LogP contribution in [0.4, 0.5) is 0 Å². The van der Waals surface area contributed by atoms with E-state index in [2.05, 4.69) is 15.3 Å². The highest BCUT2D eigenvalue weighted by Crippen LogP contribution is 2.10. The molecule has 0 aliphatic heterocycles. The van der Waals surface area contributed by atoms with Gasteiger partial charge in [-0.2, -0.15) is 0 Å². The molecule has 6 heteroatoms. The smallest absolute Gasteiger partial charge is 0.221 e. The number of pyridine rings is 1.